The van der Waals surface area contributed by atoms with Gasteiger partial charge in [0.05, 0.1) is 0 Å². The highest BCUT2D eigenvalue weighted by atomic mass is 35.5. The molecule has 1 amide bonds. The zero-order valence-electron chi connectivity index (χ0n) is 13.0. The molecule has 0 aromatic heterocycles. The predicted molar refractivity (Wildman–Crippen MR) is 90.7 cm³/mol. The van der Waals surface area contributed by atoms with Crippen LogP contribution in [0, 0.1) is 13.8 Å². The number of aryl methyl sites for hydroxylation is 1. The van der Waals surface area contributed by atoms with Crippen molar-refractivity contribution in [2.24, 2.45) is 0 Å². The number of rotatable bonds is 5. The second-order valence-electron chi connectivity index (χ2n) is 5.23. The van der Waals surface area contributed by atoms with E-state index in [1.807, 2.05) is 57.2 Å². The fraction of sp³-hybridized carbons (Fsp3) is 0.278. The van der Waals surface area contributed by atoms with Gasteiger partial charge in [-0.05, 0) is 55.7 Å². The lowest BCUT2D eigenvalue weighted by Crippen LogP contribution is -2.32. The highest BCUT2D eigenvalue weighted by Gasteiger charge is 2.19. The van der Waals surface area contributed by atoms with Crippen molar-refractivity contribution < 1.29 is 9.53 Å². The third-order valence-electron chi connectivity index (χ3n) is 3.46. The molecule has 0 aliphatic carbocycles. The van der Waals surface area contributed by atoms with E-state index in [1.165, 1.54) is 0 Å². The summed E-state index contributed by atoms with van der Waals surface area (Å²) in [5, 5.41) is 3.52. The van der Waals surface area contributed by atoms with Gasteiger partial charge in [0.1, 0.15) is 5.75 Å². The first-order valence-corrected chi connectivity index (χ1v) is 7.68. The summed E-state index contributed by atoms with van der Waals surface area (Å²) in [6, 6.07) is 13.1. The molecule has 2 aromatic rings. The van der Waals surface area contributed by atoms with E-state index in [2.05, 4.69) is 5.32 Å². The van der Waals surface area contributed by atoms with Crippen LogP contribution in [0.25, 0.3) is 0 Å². The number of anilines is 1. The fourth-order valence-electron chi connectivity index (χ4n) is 2.13. The van der Waals surface area contributed by atoms with Crippen LogP contribution in [-0.2, 0) is 4.79 Å². The summed E-state index contributed by atoms with van der Waals surface area (Å²) in [6.07, 6.45) is 0.0412. The molecule has 1 unspecified atom stereocenters. The van der Waals surface area contributed by atoms with Gasteiger partial charge in [-0.2, -0.15) is 0 Å². The molecule has 116 valence electrons. The molecule has 0 bridgehead atoms. The van der Waals surface area contributed by atoms with Gasteiger partial charge in [-0.25, -0.2) is 0 Å². The summed E-state index contributed by atoms with van der Waals surface area (Å²) in [6.45, 7) is 5.79. The molecule has 0 aliphatic rings. The Labute approximate surface area is 136 Å². The Balaban J connectivity index is 2.10. The average Bonchev–Trinajstić information content (AvgIpc) is 2.49. The molecule has 0 spiro atoms. The summed E-state index contributed by atoms with van der Waals surface area (Å²) in [4.78, 5) is 12.4. The lowest BCUT2D eigenvalue weighted by molar-refractivity contribution is -0.122. The van der Waals surface area contributed by atoms with Crippen LogP contribution in [0.5, 0.6) is 5.75 Å². The minimum absolute atomic E-state index is 0.172. The minimum atomic E-state index is -0.541. The van der Waals surface area contributed by atoms with Crippen LogP contribution in [0.15, 0.2) is 42.5 Å². The number of carbonyl (C=O) groups is 1. The van der Waals surface area contributed by atoms with Gasteiger partial charge in [0.25, 0.3) is 5.91 Å². The summed E-state index contributed by atoms with van der Waals surface area (Å²) in [5.74, 6) is 0.527. The third-order valence-corrected chi connectivity index (χ3v) is 3.87. The highest BCUT2D eigenvalue weighted by molar-refractivity contribution is 6.31. The first-order chi connectivity index (χ1) is 10.5. The molecule has 22 heavy (non-hydrogen) atoms. The van der Waals surface area contributed by atoms with Gasteiger partial charge in [0, 0.05) is 10.7 Å². The first-order valence-electron chi connectivity index (χ1n) is 7.30. The van der Waals surface area contributed by atoms with Crippen LogP contribution < -0.4 is 10.1 Å². The molecule has 0 saturated carbocycles. The van der Waals surface area contributed by atoms with Crippen LogP contribution >= 0.6 is 11.6 Å². The van der Waals surface area contributed by atoms with Crippen molar-refractivity contribution in [1.82, 2.24) is 0 Å². The molecule has 0 radical (unpaired) electrons. The minimum Gasteiger partial charge on any atom is -0.481 e. The van der Waals surface area contributed by atoms with Crippen LogP contribution in [0.3, 0.4) is 0 Å². The quantitative estimate of drug-likeness (QED) is 0.864. The fourth-order valence-corrected chi connectivity index (χ4v) is 2.31. The number of hydrogen-bond donors (Lipinski definition) is 1. The Bertz CT molecular complexity index is 670. The molecule has 0 saturated heterocycles. The SMILES string of the molecule is CCC(Oc1cccc(C)c1)C(=O)Nc1cccc(Cl)c1C. The number of ether oxygens (including phenoxy) is 1. The van der Waals surface area contributed by atoms with Crippen molar-refractivity contribution in [3.8, 4) is 5.75 Å². The Hall–Kier alpha value is -2.00. The van der Waals surface area contributed by atoms with Crippen molar-refractivity contribution in [3.05, 3.63) is 58.6 Å². The number of halogens is 1. The normalized spacial score (nSPS) is 11.8. The predicted octanol–water partition coefficient (Wildman–Crippen LogP) is 4.75. The molecule has 0 heterocycles. The molecular formula is C18H20ClNO2. The number of benzene rings is 2. The summed E-state index contributed by atoms with van der Waals surface area (Å²) < 4.78 is 5.80. The van der Waals surface area contributed by atoms with Crippen molar-refractivity contribution >= 4 is 23.2 Å². The van der Waals surface area contributed by atoms with Crippen molar-refractivity contribution in [2.75, 3.05) is 5.32 Å². The topological polar surface area (TPSA) is 38.3 Å². The number of carbonyl (C=O) groups excluding carboxylic acids is 1. The molecule has 1 atom stereocenters. The van der Waals surface area contributed by atoms with Crippen molar-refractivity contribution in [2.45, 2.75) is 33.3 Å². The van der Waals surface area contributed by atoms with E-state index in [0.29, 0.717) is 22.9 Å². The van der Waals surface area contributed by atoms with Gasteiger partial charge >= 0.3 is 0 Å². The van der Waals surface area contributed by atoms with Gasteiger partial charge in [0.15, 0.2) is 6.10 Å². The van der Waals surface area contributed by atoms with Gasteiger partial charge in [-0.15, -0.1) is 0 Å². The standard InChI is InChI=1S/C18H20ClNO2/c1-4-17(22-14-8-5-7-12(2)11-14)18(21)20-16-10-6-9-15(19)13(16)3/h5-11,17H,4H2,1-3H3,(H,20,21). The second-order valence-corrected chi connectivity index (χ2v) is 5.64. The summed E-state index contributed by atoms with van der Waals surface area (Å²) in [5.41, 5.74) is 2.66. The maximum atomic E-state index is 12.4. The van der Waals surface area contributed by atoms with Crippen molar-refractivity contribution in [3.63, 3.8) is 0 Å². The van der Waals surface area contributed by atoms with E-state index >= 15 is 0 Å². The number of nitrogens with one attached hydrogen (secondary N) is 1. The van der Waals surface area contributed by atoms with E-state index < -0.39 is 6.10 Å². The molecule has 0 aliphatic heterocycles. The maximum absolute atomic E-state index is 12.4. The Morgan fingerprint density at radius 3 is 2.64 bits per heavy atom. The molecule has 3 nitrogen and oxygen atoms in total. The number of hydrogen-bond acceptors (Lipinski definition) is 2. The molecule has 2 rings (SSSR count). The molecule has 0 fully saturated rings. The lowest BCUT2D eigenvalue weighted by Gasteiger charge is -2.18. The lowest BCUT2D eigenvalue weighted by atomic mass is 10.2. The van der Waals surface area contributed by atoms with Crippen LogP contribution in [-0.4, -0.2) is 12.0 Å². The Morgan fingerprint density at radius 1 is 1.23 bits per heavy atom. The molecule has 4 heteroatoms. The van der Waals surface area contributed by atoms with Gasteiger partial charge in [-0.3, -0.25) is 4.79 Å². The van der Waals surface area contributed by atoms with Crippen LogP contribution in [0.4, 0.5) is 5.69 Å². The highest BCUT2D eigenvalue weighted by Crippen LogP contribution is 2.23. The van der Waals surface area contributed by atoms with E-state index in [9.17, 15) is 4.79 Å². The average molecular weight is 318 g/mol. The smallest absolute Gasteiger partial charge is 0.265 e. The Kier molecular flexibility index (Phi) is 5.45. The van der Waals surface area contributed by atoms with E-state index in [-0.39, 0.29) is 5.91 Å². The van der Waals surface area contributed by atoms with Crippen LogP contribution in [0.2, 0.25) is 5.02 Å². The zero-order chi connectivity index (χ0) is 16.1. The van der Waals surface area contributed by atoms with E-state index in [1.54, 1.807) is 6.07 Å². The Morgan fingerprint density at radius 2 is 1.95 bits per heavy atom. The largest absolute Gasteiger partial charge is 0.481 e. The molecular weight excluding hydrogens is 298 g/mol. The number of amides is 1. The summed E-state index contributed by atoms with van der Waals surface area (Å²) in [7, 11) is 0. The van der Waals surface area contributed by atoms with Gasteiger partial charge in [0.2, 0.25) is 0 Å². The second kappa shape index (κ2) is 7.32. The third kappa shape index (κ3) is 4.01. The van der Waals surface area contributed by atoms with E-state index in [4.69, 9.17) is 16.3 Å². The van der Waals surface area contributed by atoms with Crippen LogP contribution in [0.1, 0.15) is 24.5 Å². The zero-order valence-corrected chi connectivity index (χ0v) is 13.8. The first kappa shape index (κ1) is 16.4. The summed E-state index contributed by atoms with van der Waals surface area (Å²) >= 11 is 6.08. The van der Waals surface area contributed by atoms with Gasteiger partial charge < -0.3 is 10.1 Å². The molecule has 2 aromatic carbocycles. The maximum Gasteiger partial charge on any atom is 0.265 e. The van der Waals surface area contributed by atoms with Gasteiger partial charge in [-0.1, -0.05) is 36.7 Å². The van der Waals surface area contributed by atoms with Crippen molar-refractivity contribution in [1.29, 1.82) is 0 Å². The molecule has 1 N–H and O–H groups in total. The van der Waals surface area contributed by atoms with E-state index in [0.717, 1.165) is 11.1 Å². The monoisotopic (exact) mass is 317 g/mol.